The smallest absolute Gasteiger partial charge is 0.131 e. The molecule has 1 aliphatic heterocycles. The molecule has 0 bridgehead atoms. The van der Waals surface area contributed by atoms with Gasteiger partial charge in [0, 0.05) is 30.6 Å². The predicted molar refractivity (Wildman–Crippen MR) is 102 cm³/mol. The van der Waals surface area contributed by atoms with Gasteiger partial charge in [0.15, 0.2) is 0 Å². The maximum atomic E-state index is 6.09. The first-order valence-electron chi connectivity index (χ1n) is 7.56. The summed E-state index contributed by atoms with van der Waals surface area (Å²) in [5.74, 6) is 2.65. The molecule has 132 valence electrons. The molecule has 0 amide bonds. The first-order valence-corrected chi connectivity index (χ1v) is 7.56. The van der Waals surface area contributed by atoms with E-state index in [0.29, 0.717) is 6.54 Å². The van der Waals surface area contributed by atoms with E-state index < -0.39 is 0 Å². The van der Waals surface area contributed by atoms with E-state index in [9.17, 15) is 0 Å². The monoisotopic (exact) mass is 370 g/mol. The normalized spacial score (nSPS) is 15.1. The maximum Gasteiger partial charge on any atom is 0.131 e. The highest BCUT2D eigenvalue weighted by Crippen LogP contribution is 2.34. The molecule has 0 spiro atoms. The number of ether oxygens (including phenoxy) is 2. The molecule has 0 saturated heterocycles. The van der Waals surface area contributed by atoms with Gasteiger partial charge in [-0.2, -0.15) is 0 Å². The van der Waals surface area contributed by atoms with Crippen molar-refractivity contribution in [3.05, 3.63) is 53.6 Å². The van der Waals surface area contributed by atoms with Gasteiger partial charge in [-0.05, 0) is 38.4 Å². The van der Waals surface area contributed by atoms with Crippen LogP contribution < -0.4 is 15.2 Å². The summed E-state index contributed by atoms with van der Waals surface area (Å²) in [6, 6.07) is 14.1. The molecule has 1 aliphatic rings. The van der Waals surface area contributed by atoms with E-state index in [1.807, 2.05) is 30.3 Å². The van der Waals surface area contributed by atoms with Gasteiger partial charge in [-0.25, -0.2) is 0 Å². The molecule has 2 N–H and O–H groups in total. The molecule has 24 heavy (non-hydrogen) atoms. The minimum atomic E-state index is 0. The summed E-state index contributed by atoms with van der Waals surface area (Å²) in [7, 11) is 4.10. The molecule has 0 aromatic heterocycles. The fourth-order valence-corrected chi connectivity index (χ4v) is 2.69. The Labute approximate surface area is 155 Å². The number of hydrogen-bond donors (Lipinski definition) is 1. The number of benzene rings is 2. The molecule has 1 atom stereocenters. The Balaban J connectivity index is 0.00000144. The van der Waals surface area contributed by atoms with Crippen molar-refractivity contribution in [3.63, 3.8) is 0 Å². The van der Waals surface area contributed by atoms with Crippen LogP contribution in [0.5, 0.6) is 17.2 Å². The second kappa shape index (κ2) is 9.14. The summed E-state index contributed by atoms with van der Waals surface area (Å²) >= 11 is 0. The average Bonchev–Trinajstić information content (AvgIpc) is 2.91. The van der Waals surface area contributed by atoms with Crippen LogP contribution in [0.2, 0.25) is 0 Å². The highest BCUT2D eigenvalue weighted by molar-refractivity contribution is 5.85. The fourth-order valence-electron chi connectivity index (χ4n) is 2.69. The van der Waals surface area contributed by atoms with Crippen molar-refractivity contribution in [1.29, 1.82) is 0 Å². The number of nitrogens with two attached hydrogens (primary N) is 1. The molecule has 0 fully saturated rings. The molecular weight excluding hydrogens is 347 g/mol. The van der Waals surface area contributed by atoms with Gasteiger partial charge in [0.2, 0.25) is 0 Å². The van der Waals surface area contributed by atoms with Crippen molar-refractivity contribution in [2.24, 2.45) is 5.73 Å². The van der Waals surface area contributed by atoms with Gasteiger partial charge in [0.05, 0.1) is 0 Å². The second-order valence-corrected chi connectivity index (χ2v) is 5.90. The zero-order valence-electron chi connectivity index (χ0n) is 13.9. The van der Waals surface area contributed by atoms with Crippen LogP contribution in [0, 0.1) is 0 Å². The molecule has 2 aromatic rings. The zero-order valence-corrected chi connectivity index (χ0v) is 15.5. The largest absolute Gasteiger partial charge is 0.488 e. The standard InChI is InChI=1S/C18H22N2O2.2ClH/c1-20(2)12-13-5-3-4-6-17(13)21-15-7-8-18-14(9-15)10-16(11-19)22-18;;/h3-9,16H,10-12,19H2,1-2H3;2*1H. The van der Waals surface area contributed by atoms with E-state index in [4.69, 9.17) is 15.2 Å². The number of para-hydroxylation sites is 1. The Bertz CT molecular complexity index is 665. The summed E-state index contributed by atoms with van der Waals surface area (Å²) in [5, 5.41) is 0. The first kappa shape index (κ1) is 20.6. The zero-order chi connectivity index (χ0) is 15.5. The number of rotatable bonds is 5. The molecule has 3 rings (SSSR count). The van der Waals surface area contributed by atoms with Gasteiger partial charge in [0.25, 0.3) is 0 Å². The van der Waals surface area contributed by atoms with Gasteiger partial charge < -0.3 is 20.1 Å². The highest BCUT2D eigenvalue weighted by Gasteiger charge is 2.22. The molecule has 0 saturated carbocycles. The molecule has 0 aliphatic carbocycles. The number of hydrogen-bond acceptors (Lipinski definition) is 4. The Hall–Kier alpha value is -1.46. The second-order valence-electron chi connectivity index (χ2n) is 5.90. The minimum absolute atomic E-state index is 0. The summed E-state index contributed by atoms with van der Waals surface area (Å²) in [5.41, 5.74) is 8.02. The summed E-state index contributed by atoms with van der Waals surface area (Å²) in [6.07, 6.45) is 0.939. The quantitative estimate of drug-likeness (QED) is 0.872. The third-order valence-corrected chi connectivity index (χ3v) is 3.72. The van der Waals surface area contributed by atoms with Crippen LogP contribution in [0.1, 0.15) is 11.1 Å². The molecule has 4 nitrogen and oxygen atoms in total. The van der Waals surface area contributed by atoms with Crippen LogP contribution >= 0.6 is 24.8 Å². The van der Waals surface area contributed by atoms with Gasteiger partial charge in [-0.3, -0.25) is 0 Å². The van der Waals surface area contributed by atoms with Crippen LogP contribution in [-0.4, -0.2) is 31.6 Å². The van der Waals surface area contributed by atoms with Crippen molar-refractivity contribution in [3.8, 4) is 17.2 Å². The predicted octanol–water partition coefficient (Wildman–Crippen LogP) is 3.65. The van der Waals surface area contributed by atoms with Gasteiger partial charge in [0.1, 0.15) is 23.4 Å². The third-order valence-electron chi connectivity index (χ3n) is 3.72. The van der Waals surface area contributed by atoms with Crippen molar-refractivity contribution in [1.82, 2.24) is 4.90 Å². The Morgan fingerprint density at radius 2 is 1.92 bits per heavy atom. The lowest BCUT2D eigenvalue weighted by Gasteiger charge is -2.15. The van der Waals surface area contributed by atoms with Crippen LogP contribution in [0.4, 0.5) is 0 Å². The van der Waals surface area contributed by atoms with E-state index >= 15 is 0 Å². The van der Waals surface area contributed by atoms with Crippen molar-refractivity contribution in [2.75, 3.05) is 20.6 Å². The molecular formula is C18H24Cl2N2O2. The third kappa shape index (κ3) is 4.77. The number of halogens is 2. The lowest BCUT2D eigenvalue weighted by Crippen LogP contribution is -2.24. The summed E-state index contributed by atoms with van der Waals surface area (Å²) in [4.78, 5) is 2.13. The lowest BCUT2D eigenvalue weighted by atomic mass is 10.1. The highest BCUT2D eigenvalue weighted by atomic mass is 35.5. The SMILES string of the molecule is CN(C)Cc1ccccc1Oc1ccc2c(c1)CC(CN)O2.Cl.Cl. The Kier molecular flexibility index (Phi) is 7.84. The van der Waals surface area contributed by atoms with Crippen LogP contribution in [0.25, 0.3) is 0 Å². The maximum absolute atomic E-state index is 6.09. The van der Waals surface area contributed by atoms with Gasteiger partial charge in [-0.1, -0.05) is 18.2 Å². The van der Waals surface area contributed by atoms with E-state index in [2.05, 4.69) is 31.1 Å². The molecule has 2 aromatic carbocycles. The number of nitrogens with zero attached hydrogens (tertiary/aromatic N) is 1. The fraction of sp³-hybridized carbons (Fsp3) is 0.333. The van der Waals surface area contributed by atoms with Crippen LogP contribution in [0.15, 0.2) is 42.5 Å². The minimum Gasteiger partial charge on any atom is -0.488 e. The van der Waals surface area contributed by atoms with E-state index in [-0.39, 0.29) is 30.9 Å². The van der Waals surface area contributed by atoms with Crippen molar-refractivity contribution < 1.29 is 9.47 Å². The number of fused-ring (bicyclic) bond motifs is 1. The van der Waals surface area contributed by atoms with Gasteiger partial charge >= 0.3 is 0 Å². The topological polar surface area (TPSA) is 47.7 Å². The molecule has 6 heteroatoms. The summed E-state index contributed by atoms with van der Waals surface area (Å²) < 4.78 is 11.8. The Morgan fingerprint density at radius 1 is 1.17 bits per heavy atom. The van der Waals surface area contributed by atoms with Gasteiger partial charge in [-0.15, -0.1) is 24.8 Å². The van der Waals surface area contributed by atoms with Crippen molar-refractivity contribution in [2.45, 2.75) is 19.1 Å². The lowest BCUT2D eigenvalue weighted by molar-refractivity contribution is 0.241. The Morgan fingerprint density at radius 3 is 2.62 bits per heavy atom. The molecule has 1 heterocycles. The van der Waals surface area contributed by atoms with E-state index in [1.165, 1.54) is 5.56 Å². The van der Waals surface area contributed by atoms with Crippen LogP contribution in [0.3, 0.4) is 0 Å². The van der Waals surface area contributed by atoms with Crippen molar-refractivity contribution >= 4 is 24.8 Å². The van der Waals surface area contributed by atoms with E-state index in [1.54, 1.807) is 0 Å². The summed E-state index contributed by atoms with van der Waals surface area (Å²) in [6.45, 7) is 1.38. The molecule has 1 unspecified atom stereocenters. The molecule has 0 radical (unpaired) electrons. The average molecular weight is 371 g/mol. The first-order chi connectivity index (χ1) is 10.7. The van der Waals surface area contributed by atoms with E-state index in [0.717, 1.165) is 35.8 Å². The van der Waals surface area contributed by atoms with Crippen LogP contribution in [-0.2, 0) is 13.0 Å².